The van der Waals surface area contributed by atoms with Crippen molar-refractivity contribution in [2.45, 2.75) is 46.6 Å². The van der Waals surface area contributed by atoms with Gasteiger partial charge >= 0.3 is 0 Å². The Hall–Kier alpha value is -1.68. The molecule has 1 atom stereocenters. The molecule has 0 amide bonds. The molecule has 0 aliphatic rings. The van der Waals surface area contributed by atoms with Crippen molar-refractivity contribution in [1.29, 1.82) is 0 Å². The van der Waals surface area contributed by atoms with Gasteiger partial charge in [0.1, 0.15) is 0 Å². The van der Waals surface area contributed by atoms with E-state index in [1.807, 2.05) is 0 Å². The van der Waals surface area contributed by atoms with Crippen LogP contribution in [0, 0.1) is 20.8 Å². The van der Waals surface area contributed by atoms with Crippen LogP contribution in [0.1, 0.15) is 48.3 Å². The molecule has 0 bridgehead atoms. The minimum Gasteiger partial charge on any atom is -0.334 e. The Bertz CT molecular complexity index is 552. The third-order valence-corrected chi connectivity index (χ3v) is 3.26. The fourth-order valence-corrected chi connectivity index (χ4v) is 2.44. The first-order valence-corrected chi connectivity index (χ1v) is 6.70. The molecule has 102 valence electrons. The summed E-state index contributed by atoms with van der Waals surface area (Å²) in [6.45, 7) is 8.30. The second-order valence-corrected chi connectivity index (χ2v) is 5.13. The van der Waals surface area contributed by atoms with E-state index in [1.54, 1.807) is 0 Å². The van der Waals surface area contributed by atoms with Gasteiger partial charge in [0.25, 0.3) is 5.89 Å². The van der Waals surface area contributed by atoms with Crippen LogP contribution in [0.4, 0.5) is 0 Å². The van der Waals surface area contributed by atoms with E-state index >= 15 is 0 Å². The maximum Gasteiger partial charge on any atom is 0.258 e. The summed E-state index contributed by atoms with van der Waals surface area (Å²) in [5.74, 6) is 1.16. The van der Waals surface area contributed by atoms with Gasteiger partial charge in [0, 0.05) is 5.56 Å². The average Bonchev–Trinajstić information content (AvgIpc) is 2.77. The quantitative estimate of drug-likeness (QED) is 0.913. The van der Waals surface area contributed by atoms with Crippen molar-refractivity contribution >= 4 is 0 Å². The SMILES string of the molecule is CCCC(N)c1noc(-c2c(C)cc(C)cc2C)n1. The molecule has 0 radical (unpaired) electrons. The van der Waals surface area contributed by atoms with Gasteiger partial charge in [-0.1, -0.05) is 36.2 Å². The lowest BCUT2D eigenvalue weighted by atomic mass is 10.00. The molecule has 0 fully saturated rings. The predicted octanol–water partition coefficient (Wildman–Crippen LogP) is 3.46. The van der Waals surface area contributed by atoms with Crippen LogP contribution >= 0.6 is 0 Å². The Balaban J connectivity index is 2.38. The van der Waals surface area contributed by atoms with Crippen molar-refractivity contribution in [1.82, 2.24) is 10.1 Å². The van der Waals surface area contributed by atoms with Crippen molar-refractivity contribution in [3.63, 3.8) is 0 Å². The Labute approximate surface area is 114 Å². The van der Waals surface area contributed by atoms with Crippen LogP contribution in [0.5, 0.6) is 0 Å². The Morgan fingerprint density at radius 2 is 1.84 bits per heavy atom. The second kappa shape index (κ2) is 5.53. The van der Waals surface area contributed by atoms with Gasteiger partial charge < -0.3 is 10.3 Å². The lowest BCUT2D eigenvalue weighted by molar-refractivity contribution is 0.413. The molecule has 1 aromatic heterocycles. The number of aryl methyl sites for hydroxylation is 3. The summed E-state index contributed by atoms with van der Waals surface area (Å²) in [5.41, 5.74) is 10.6. The van der Waals surface area contributed by atoms with Crippen LogP contribution in [-0.4, -0.2) is 10.1 Å². The lowest BCUT2D eigenvalue weighted by Gasteiger charge is -2.07. The summed E-state index contributed by atoms with van der Waals surface area (Å²) in [7, 11) is 0. The monoisotopic (exact) mass is 259 g/mol. The topological polar surface area (TPSA) is 64.9 Å². The molecule has 2 rings (SSSR count). The van der Waals surface area contributed by atoms with Crippen LogP contribution in [0.2, 0.25) is 0 Å². The van der Waals surface area contributed by atoms with Crippen molar-refractivity contribution < 1.29 is 4.52 Å². The van der Waals surface area contributed by atoms with E-state index in [-0.39, 0.29) is 6.04 Å². The smallest absolute Gasteiger partial charge is 0.258 e. The van der Waals surface area contributed by atoms with Gasteiger partial charge in [0.05, 0.1) is 6.04 Å². The fraction of sp³-hybridized carbons (Fsp3) is 0.467. The number of aromatic nitrogens is 2. The Kier molecular flexibility index (Phi) is 4.00. The highest BCUT2D eigenvalue weighted by atomic mass is 16.5. The Morgan fingerprint density at radius 1 is 1.21 bits per heavy atom. The van der Waals surface area contributed by atoms with E-state index in [0.29, 0.717) is 11.7 Å². The molecular formula is C15H21N3O. The van der Waals surface area contributed by atoms with Crippen LogP contribution in [-0.2, 0) is 0 Å². The molecule has 2 N–H and O–H groups in total. The molecule has 0 aliphatic carbocycles. The normalized spacial score (nSPS) is 12.7. The molecule has 1 aromatic carbocycles. The van der Waals surface area contributed by atoms with Crippen molar-refractivity contribution in [3.8, 4) is 11.5 Å². The molecule has 0 aliphatic heterocycles. The van der Waals surface area contributed by atoms with Gasteiger partial charge in [-0.3, -0.25) is 0 Å². The third kappa shape index (κ3) is 2.84. The molecule has 0 saturated carbocycles. The highest BCUT2D eigenvalue weighted by molar-refractivity contribution is 5.63. The molecule has 19 heavy (non-hydrogen) atoms. The van der Waals surface area contributed by atoms with Gasteiger partial charge in [-0.2, -0.15) is 4.98 Å². The first-order chi connectivity index (χ1) is 9.02. The third-order valence-electron chi connectivity index (χ3n) is 3.26. The standard InChI is InChI=1S/C15H21N3O/c1-5-6-12(16)14-17-15(19-18-14)13-10(3)7-9(2)8-11(13)4/h7-8,12H,5-6,16H2,1-4H3. The highest BCUT2D eigenvalue weighted by Crippen LogP contribution is 2.28. The van der Waals surface area contributed by atoms with Gasteiger partial charge in [-0.15, -0.1) is 0 Å². The summed E-state index contributed by atoms with van der Waals surface area (Å²) in [5, 5.41) is 4.00. The maximum atomic E-state index is 6.01. The highest BCUT2D eigenvalue weighted by Gasteiger charge is 2.17. The average molecular weight is 259 g/mol. The fourth-order valence-electron chi connectivity index (χ4n) is 2.44. The molecule has 2 aromatic rings. The lowest BCUT2D eigenvalue weighted by Crippen LogP contribution is -2.11. The Morgan fingerprint density at radius 3 is 2.42 bits per heavy atom. The van der Waals surface area contributed by atoms with Gasteiger partial charge in [0.2, 0.25) is 0 Å². The van der Waals surface area contributed by atoms with E-state index in [4.69, 9.17) is 10.3 Å². The summed E-state index contributed by atoms with van der Waals surface area (Å²) < 4.78 is 5.38. The van der Waals surface area contributed by atoms with Crippen molar-refractivity contribution in [2.24, 2.45) is 5.73 Å². The minimum atomic E-state index is -0.145. The first-order valence-electron chi connectivity index (χ1n) is 6.70. The van der Waals surface area contributed by atoms with Crippen molar-refractivity contribution in [3.05, 3.63) is 34.6 Å². The van der Waals surface area contributed by atoms with E-state index in [1.165, 1.54) is 5.56 Å². The maximum absolute atomic E-state index is 6.01. The molecule has 1 unspecified atom stereocenters. The number of hydrogen-bond donors (Lipinski definition) is 1. The molecule has 4 nitrogen and oxygen atoms in total. The number of hydrogen-bond acceptors (Lipinski definition) is 4. The number of nitrogens with two attached hydrogens (primary N) is 1. The van der Waals surface area contributed by atoms with E-state index in [2.05, 4.69) is 50.0 Å². The molecular weight excluding hydrogens is 238 g/mol. The molecule has 0 spiro atoms. The number of nitrogens with zero attached hydrogens (tertiary/aromatic N) is 2. The van der Waals surface area contributed by atoms with Crippen LogP contribution in [0.15, 0.2) is 16.7 Å². The van der Waals surface area contributed by atoms with Gasteiger partial charge in [0.15, 0.2) is 5.82 Å². The van der Waals surface area contributed by atoms with E-state index in [9.17, 15) is 0 Å². The summed E-state index contributed by atoms with van der Waals surface area (Å²) in [4.78, 5) is 4.45. The molecule has 1 heterocycles. The summed E-state index contributed by atoms with van der Waals surface area (Å²) in [6.07, 6.45) is 1.87. The zero-order valence-corrected chi connectivity index (χ0v) is 12.0. The van der Waals surface area contributed by atoms with Crippen LogP contribution in [0.3, 0.4) is 0 Å². The zero-order chi connectivity index (χ0) is 14.0. The first kappa shape index (κ1) is 13.7. The summed E-state index contributed by atoms with van der Waals surface area (Å²) >= 11 is 0. The minimum absolute atomic E-state index is 0.145. The number of rotatable bonds is 4. The molecule has 4 heteroatoms. The van der Waals surface area contributed by atoms with Crippen LogP contribution < -0.4 is 5.73 Å². The van der Waals surface area contributed by atoms with E-state index in [0.717, 1.165) is 29.5 Å². The zero-order valence-electron chi connectivity index (χ0n) is 12.0. The van der Waals surface area contributed by atoms with Gasteiger partial charge in [-0.05, 0) is 38.3 Å². The van der Waals surface area contributed by atoms with Gasteiger partial charge in [-0.25, -0.2) is 0 Å². The summed E-state index contributed by atoms with van der Waals surface area (Å²) in [6, 6.07) is 4.10. The van der Waals surface area contributed by atoms with E-state index < -0.39 is 0 Å². The number of benzene rings is 1. The largest absolute Gasteiger partial charge is 0.334 e. The second-order valence-electron chi connectivity index (χ2n) is 5.13. The predicted molar refractivity (Wildman–Crippen MR) is 75.8 cm³/mol. The molecule has 0 saturated heterocycles. The van der Waals surface area contributed by atoms with Crippen LogP contribution in [0.25, 0.3) is 11.5 Å². The van der Waals surface area contributed by atoms with Crippen molar-refractivity contribution in [2.75, 3.05) is 0 Å².